The van der Waals surface area contributed by atoms with Gasteiger partial charge in [0.2, 0.25) is 5.91 Å². The predicted octanol–water partition coefficient (Wildman–Crippen LogP) is 4.05. The molecular weight excluding hydrogens is 400 g/mol. The van der Waals surface area contributed by atoms with E-state index in [1.165, 1.54) is 15.8 Å². The molecule has 0 aliphatic rings. The lowest BCUT2D eigenvalue weighted by molar-refractivity contribution is -0.122. The van der Waals surface area contributed by atoms with E-state index in [1.54, 1.807) is 6.20 Å². The van der Waals surface area contributed by atoms with Crippen molar-refractivity contribution in [3.05, 3.63) is 99.2 Å². The fourth-order valence-electron chi connectivity index (χ4n) is 4.12. The van der Waals surface area contributed by atoms with Crippen LogP contribution < -0.4 is 10.9 Å². The van der Waals surface area contributed by atoms with Gasteiger partial charge in [-0.3, -0.25) is 9.59 Å². The smallest absolute Gasteiger partial charge is 0.276 e. The average Bonchev–Trinajstić information content (AvgIpc) is 3.02. The molecule has 1 amide bonds. The number of hydrogen-bond donors (Lipinski definition) is 1. The van der Waals surface area contributed by atoms with Crippen LogP contribution in [0, 0.1) is 20.8 Å². The molecule has 0 radical (unpaired) electrons. The Bertz CT molecular complexity index is 1320. The van der Waals surface area contributed by atoms with E-state index in [0.717, 1.165) is 22.3 Å². The molecule has 0 aliphatic heterocycles. The highest BCUT2D eigenvalue weighted by atomic mass is 16.2. The number of nitrogens with zero attached hydrogens (tertiary/aromatic N) is 3. The normalized spacial score (nSPS) is 12.1. The summed E-state index contributed by atoms with van der Waals surface area (Å²) in [5.41, 5.74) is 5.04. The van der Waals surface area contributed by atoms with Crippen LogP contribution in [0.4, 0.5) is 0 Å². The molecule has 4 aromatic rings. The zero-order chi connectivity index (χ0) is 22.8. The molecule has 0 aliphatic carbocycles. The minimum absolute atomic E-state index is 0.117. The summed E-state index contributed by atoms with van der Waals surface area (Å²) < 4.78 is 3.39. The molecule has 1 atom stereocenters. The third-order valence-corrected chi connectivity index (χ3v) is 6.04. The van der Waals surface area contributed by atoms with Crippen molar-refractivity contribution in [3.8, 4) is 0 Å². The van der Waals surface area contributed by atoms with Gasteiger partial charge in [-0.15, -0.1) is 0 Å². The Morgan fingerprint density at radius 2 is 1.69 bits per heavy atom. The highest BCUT2D eigenvalue weighted by Gasteiger charge is 2.18. The van der Waals surface area contributed by atoms with Crippen molar-refractivity contribution >= 4 is 16.7 Å². The second kappa shape index (κ2) is 8.83. The summed E-state index contributed by atoms with van der Waals surface area (Å²) in [7, 11) is 0. The highest BCUT2D eigenvalue weighted by molar-refractivity contribution is 5.87. The molecule has 1 N–H and O–H groups in total. The molecular formula is C26H28N4O2. The van der Waals surface area contributed by atoms with Crippen LogP contribution in [0.5, 0.6) is 0 Å². The number of benzene rings is 2. The molecule has 0 spiro atoms. The van der Waals surface area contributed by atoms with Gasteiger partial charge in [-0.2, -0.15) is 5.10 Å². The van der Waals surface area contributed by atoms with Gasteiger partial charge in [0.15, 0.2) is 0 Å². The molecule has 0 saturated heterocycles. The molecule has 2 aromatic carbocycles. The maximum absolute atomic E-state index is 13.2. The number of rotatable bonds is 6. The number of fused-ring (bicyclic) bond motifs is 1. The Morgan fingerprint density at radius 1 is 1.00 bits per heavy atom. The zero-order valence-corrected chi connectivity index (χ0v) is 18.9. The second-order valence-electron chi connectivity index (χ2n) is 8.34. The van der Waals surface area contributed by atoms with Gasteiger partial charge in [0.25, 0.3) is 5.56 Å². The van der Waals surface area contributed by atoms with Gasteiger partial charge in [0.05, 0.1) is 17.6 Å². The van der Waals surface area contributed by atoms with Crippen molar-refractivity contribution in [2.75, 3.05) is 0 Å². The summed E-state index contributed by atoms with van der Waals surface area (Å²) >= 11 is 0. The van der Waals surface area contributed by atoms with Crippen LogP contribution in [0.25, 0.3) is 10.8 Å². The number of amides is 1. The fraction of sp³-hybridized carbons (Fsp3) is 0.269. The molecule has 4 rings (SSSR count). The van der Waals surface area contributed by atoms with Crippen LogP contribution in [0.3, 0.4) is 0 Å². The first-order valence-electron chi connectivity index (χ1n) is 10.8. The van der Waals surface area contributed by atoms with Crippen LogP contribution in [0.15, 0.2) is 65.6 Å². The number of carbonyl (C=O) groups excluding carboxylic acids is 1. The van der Waals surface area contributed by atoms with E-state index in [0.29, 0.717) is 11.9 Å². The maximum Gasteiger partial charge on any atom is 0.276 e. The Kier molecular flexibility index (Phi) is 5.95. The first kappa shape index (κ1) is 21.6. The molecule has 0 saturated carbocycles. The fourth-order valence-corrected chi connectivity index (χ4v) is 4.12. The molecule has 0 unspecified atom stereocenters. The van der Waals surface area contributed by atoms with Gasteiger partial charge in [0.1, 0.15) is 6.54 Å². The summed E-state index contributed by atoms with van der Waals surface area (Å²) in [4.78, 5) is 25.8. The highest BCUT2D eigenvalue weighted by Crippen LogP contribution is 2.23. The van der Waals surface area contributed by atoms with Gasteiger partial charge in [0, 0.05) is 23.3 Å². The van der Waals surface area contributed by atoms with E-state index in [2.05, 4.69) is 46.2 Å². The number of nitrogens with one attached hydrogen (secondary N) is 1. The van der Waals surface area contributed by atoms with Crippen LogP contribution in [0.1, 0.15) is 41.0 Å². The lowest BCUT2D eigenvalue weighted by Crippen LogP contribution is -2.35. The van der Waals surface area contributed by atoms with Crippen molar-refractivity contribution in [2.45, 2.75) is 46.8 Å². The molecule has 2 aromatic heterocycles. The second-order valence-corrected chi connectivity index (χ2v) is 8.34. The SMILES string of the molecule is Cc1ccc(Cn2c(C)c3cnn(CC(=O)N[C@@H](C)c4ccccc4)c(=O)c3c2C)cc1. The minimum Gasteiger partial charge on any atom is -0.348 e. The summed E-state index contributed by atoms with van der Waals surface area (Å²) in [6.45, 7) is 8.51. The minimum atomic E-state index is -0.247. The van der Waals surface area contributed by atoms with Gasteiger partial charge in [-0.05, 0) is 38.8 Å². The first-order chi connectivity index (χ1) is 15.3. The molecule has 164 valence electrons. The lowest BCUT2D eigenvalue weighted by atomic mass is 10.1. The van der Waals surface area contributed by atoms with E-state index < -0.39 is 0 Å². The average molecular weight is 429 g/mol. The molecule has 32 heavy (non-hydrogen) atoms. The summed E-state index contributed by atoms with van der Waals surface area (Å²) in [6.07, 6.45) is 1.69. The maximum atomic E-state index is 13.2. The van der Waals surface area contributed by atoms with Crippen LogP contribution in [0.2, 0.25) is 0 Å². The van der Waals surface area contributed by atoms with E-state index in [-0.39, 0.29) is 24.1 Å². The molecule has 6 nitrogen and oxygen atoms in total. The molecule has 0 fully saturated rings. The molecule has 0 bridgehead atoms. The van der Waals surface area contributed by atoms with Crippen LogP contribution in [-0.4, -0.2) is 20.3 Å². The van der Waals surface area contributed by atoms with Gasteiger partial charge >= 0.3 is 0 Å². The van der Waals surface area contributed by atoms with Crippen molar-refractivity contribution in [3.63, 3.8) is 0 Å². The monoisotopic (exact) mass is 428 g/mol. The summed E-state index contributed by atoms with van der Waals surface area (Å²) in [5, 5.41) is 8.68. The lowest BCUT2D eigenvalue weighted by Gasteiger charge is -2.14. The Hall–Kier alpha value is -3.67. The zero-order valence-electron chi connectivity index (χ0n) is 18.9. The van der Waals surface area contributed by atoms with Gasteiger partial charge < -0.3 is 9.88 Å². The first-order valence-corrected chi connectivity index (χ1v) is 10.8. The standard InChI is InChI=1S/C26H28N4O2/c1-17-10-12-21(13-11-17)15-29-19(3)23-14-27-30(26(32)25(23)20(29)4)16-24(31)28-18(2)22-8-6-5-7-9-22/h5-14,18H,15-16H2,1-4H3,(H,28,31)/t18-/m0/s1. The molecule has 2 heterocycles. The Morgan fingerprint density at radius 3 is 2.38 bits per heavy atom. The van der Waals surface area contributed by atoms with Gasteiger partial charge in [-0.25, -0.2) is 4.68 Å². The van der Waals surface area contributed by atoms with Gasteiger partial charge in [-0.1, -0.05) is 60.2 Å². The third kappa shape index (κ3) is 4.21. The number of carbonyl (C=O) groups is 1. The topological polar surface area (TPSA) is 68.9 Å². The third-order valence-electron chi connectivity index (χ3n) is 6.04. The predicted molar refractivity (Wildman–Crippen MR) is 127 cm³/mol. The van der Waals surface area contributed by atoms with Crippen LogP contribution in [-0.2, 0) is 17.9 Å². The molecule has 6 heteroatoms. The number of hydrogen-bond acceptors (Lipinski definition) is 3. The summed E-state index contributed by atoms with van der Waals surface area (Å²) in [5.74, 6) is -0.247. The van der Waals surface area contributed by atoms with Crippen molar-refractivity contribution in [2.24, 2.45) is 0 Å². The quantitative estimate of drug-likeness (QED) is 0.504. The van der Waals surface area contributed by atoms with Crippen molar-refractivity contribution in [1.82, 2.24) is 19.7 Å². The Balaban J connectivity index is 1.59. The number of aryl methyl sites for hydroxylation is 3. The van der Waals surface area contributed by atoms with Crippen LogP contribution >= 0.6 is 0 Å². The van der Waals surface area contributed by atoms with E-state index in [4.69, 9.17) is 0 Å². The largest absolute Gasteiger partial charge is 0.348 e. The summed E-state index contributed by atoms with van der Waals surface area (Å²) in [6, 6.07) is 18.0. The van der Waals surface area contributed by atoms with Crippen molar-refractivity contribution < 1.29 is 4.79 Å². The van der Waals surface area contributed by atoms with E-state index in [9.17, 15) is 9.59 Å². The number of aromatic nitrogens is 3. The van der Waals surface area contributed by atoms with E-state index >= 15 is 0 Å². The van der Waals surface area contributed by atoms with Crippen molar-refractivity contribution in [1.29, 1.82) is 0 Å². The Labute approximate surface area is 187 Å². The van der Waals surface area contributed by atoms with E-state index in [1.807, 2.05) is 51.1 Å².